The van der Waals surface area contributed by atoms with Crippen LogP contribution < -0.4 is 5.73 Å². The van der Waals surface area contributed by atoms with Gasteiger partial charge in [0.25, 0.3) is 0 Å². The fourth-order valence-corrected chi connectivity index (χ4v) is 3.60. The SMILES string of the molecule is CCc1cccc(-n2cc(-c3cccc(N)c3C)c3cc(C#N)ccc32)c1. The first-order chi connectivity index (χ1) is 13.1. The van der Waals surface area contributed by atoms with Crippen molar-refractivity contribution in [3.05, 3.63) is 83.6 Å². The van der Waals surface area contributed by atoms with E-state index in [1.165, 1.54) is 5.56 Å². The van der Waals surface area contributed by atoms with Crippen LogP contribution in [0, 0.1) is 18.3 Å². The Bertz CT molecular complexity index is 1190. The van der Waals surface area contributed by atoms with Gasteiger partial charge in [-0.1, -0.05) is 31.2 Å². The van der Waals surface area contributed by atoms with Crippen LogP contribution in [0.2, 0.25) is 0 Å². The smallest absolute Gasteiger partial charge is 0.0991 e. The Hall–Kier alpha value is -3.51. The Morgan fingerprint density at radius 2 is 1.81 bits per heavy atom. The molecule has 0 fully saturated rings. The molecule has 1 heterocycles. The third-order valence-corrected chi connectivity index (χ3v) is 5.20. The Balaban J connectivity index is 2.04. The summed E-state index contributed by atoms with van der Waals surface area (Å²) in [6.45, 7) is 4.20. The molecule has 4 aromatic rings. The van der Waals surface area contributed by atoms with Crippen LogP contribution in [-0.2, 0) is 6.42 Å². The van der Waals surface area contributed by atoms with Crippen molar-refractivity contribution in [2.75, 3.05) is 5.73 Å². The molecule has 0 bridgehead atoms. The summed E-state index contributed by atoms with van der Waals surface area (Å²) >= 11 is 0. The van der Waals surface area contributed by atoms with Gasteiger partial charge in [0.1, 0.15) is 0 Å². The number of nitrogens with two attached hydrogens (primary N) is 1. The minimum absolute atomic E-state index is 0.658. The average Bonchev–Trinajstić information content (AvgIpc) is 3.08. The molecule has 132 valence electrons. The molecule has 0 radical (unpaired) electrons. The number of hydrogen-bond donors (Lipinski definition) is 1. The van der Waals surface area contributed by atoms with Crippen molar-refractivity contribution >= 4 is 16.6 Å². The van der Waals surface area contributed by atoms with E-state index < -0.39 is 0 Å². The van der Waals surface area contributed by atoms with Gasteiger partial charge in [0.2, 0.25) is 0 Å². The van der Waals surface area contributed by atoms with Gasteiger partial charge in [0, 0.05) is 28.5 Å². The lowest BCUT2D eigenvalue weighted by molar-refractivity contribution is 1.09. The second-order valence-corrected chi connectivity index (χ2v) is 6.80. The molecular weight excluding hydrogens is 330 g/mol. The highest BCUT2D eigenvalue weighted by Gasteiger charge is 2.15. The van der Waals surface area contributed by atoms with Gasteiger partial charge in [0.15, 0.2) is 0 Å². The van der Waals surface area contributed by atoms with Gasteiger partial charge in [-0.15, -0.1) is 0 Å². The first-order valence-corrected chi connectivity index (χ1v) is 9.12. The van der Waals surface area contributed by atoms with Gasteiger partial charge < -0.3 is 10.3 Å². The summed E-state index contributed by atoms with van der Waals surface area (Å²) in [5.41, 5.74) is 14.3. The summed E-state index contributed by atoms with van der Waals surface area (Å²) in [6.07, 6.45) is 3.15. The summed E-state index contributed by atoms with van der Waals surface area (Å²) in [7, 11) is 0. The van der Waals surface area contributed by atoms with Crippen LogP contribution in [0.1, 0.15) is 23.6 Å². The zero-order valence-corrected chi connectivity index (χ0v) is 15.5. The first-order valence-electron chi connectivity index (χ1n) is 9.12. The fourth-order valence-electron chi connectivity index (χ4n) is 3.60. The molecule has 3 heteroatoms. The van der Waals surface area contributed by atoms with Gasteiger partial charge in [-0.05, 0) is 66.4 Å². The number of nitrogen functional groups attached to an aromatic ring is 1. The molecular formula is C24H21N3. The maximum atomic E-state index is 9.37. The van der Waals surface area contributed by atoms with Gasteiger partial charge in [-0.3, -0.25) is 0 Å². The summed E-state index contributed by atoms with van der Waals surface area (Å²) in [6, 6.07) is 22.7. The van der Waals surface area contributed by atoms with Crippen LogP contribution in [-0.4, -0.2) is 4.57 Å². The van der Waals surface area contributed by atoms with E-state index in [9.17, 15) is 5.26 Å². The predicted octanol–water partition coefficient (Wildman–Crippen LogP) is 5.62. The van der Waals surface area contributed by atoms with Crippen molar-refractivity contribution in [2.45, 2.75) is 20.3 Å². The van der Waals surface area contributed by atoms with Crippen molar-refractivity contribution in [3.8, 4) is 22.9 Å². The minimum atomic E-state index is 0.658. The second kappa shape index (κ2) is 6.66. The number of aromatic nitrogens is 1. The van der Waals surface area contributed by atoms with Crippen molar-refractivity contribution in [2.24, 2.45) is 0 Å². The van der Waals surface area contributed by atoms with Crippen molar-refractivity contribution < 1.29 is 0 Å². The highest BCUT2D eigenvalue weighted by Crippen LogP contribution is 2.36. The Morgan fingerprint density at radius 1 is 1.00 bits per heavy atom. The second-order valence-electron chi connectivity index (χ2n) is 6.80. The molecule has 4 rings (SSSR count). The molecule has 1 aromatic heterocycles. The van der Waals surface area contributed by atoms with Crippen molar-refractivity contribution in [3.63, 3.8) is 0 Å². The first kappa shape index (κ1) is 16.9. The number of fused-ring (bicyclic) bond motifs is 1. The zero-order chi connectivity index (χ0) is 19.0. The van der Waals surface area contributed by atoms with Gasteiger partial charge >= 0.3 is 0 Å². The third kappa shape index (κ3) is 2.86. The lowest BCUT2D eigenvalue weighted by Gasteiger charge is -2.08. The maximum absolute atomic E-state index is 9.37. The van der Waals surface area contributed by atoms with Gasteiger partial charge in [-0.2, -0.15) is 5.26 Å². The number of nitrogens with zero attached hydrogens (tertiary/aromatic N) is 2. The van der Waals surface area contributed by atoms with E-state index in [0.29, 0.717) is 5.56 Å². The fraction of sp³-hybridized carbons (Fsp3) is 0.125. The summed E-state index contributed by atoms with van der Waals surface area (Å²) in [5.74, 6) is 0. The van der Waals surface area contributed by atoms with E-state index >= 15 is 0 Å². The van der Waals surface area contributed by atoms with E-state index in [0.717, 1.165) is 45.4 Å². The summed E-state index contributed by atoms with van der Waals surface area (Å²) in [5, 5.41) is 10.4. The van der Waals surface area contributed by atoms with E-state index in [2.05, 4.69) is 54.1 Å². The molecule has 0 spiro atoms. The van der Waals surface area contributed by atoms with E-state index in [4.69, 9.17) is 5.73 Å². The minimum Gasteiger partial charge on any atom is -0.398 e. The molecule has 0 unspecified atom stereocenters. The predicted molar refractivity (Wildman–Crippen MR) is 112 cm³/mol. The molecule has 27 heavy (non-hydrogen) atoms. The molecule has 0 saturated carbocycles. The van der Waals surface area contributed by atoms with Crippen LogP contribution in [0.15, 0.2) is 66.9 Å². The summed E-state index contributed by atoms with van der Waals surface area (Å²) < 4.78 is 2.20. The van der Waals surface area contributed by atoms with Crippen LogP contribution in [0.25, 0.3) is 27.7 Å². The topological polar surface area (TPSA) is 54.7 Å². The van der Waals surface area contributed by atoms with Crippen LogP contribution >= 0.6 is 0 Å². The number of nitriles is 1. The highest BCUT2D eigenvalue weighted by molar-refractivity contribution is 5.99. The zero-order valence-electron chi connectivity index (χ0n) is 15.5. The largest absolute Gasteiger partial charge is 0.398 e. The Kier molecular flexibility index (Phi) is 4.18. The molecule has 0 aliphatic rings. The van der Waals surface area contributed by atoms with Crippen LogP contribution in [0.4, 0.5) is 5.69 Å². The number of benzene rings is 3. The van der Waals surface area contributed by atoms with Crippen LogP contribution in [0.5, 0.6) is 0 Å². The monoisotopic (exact) mass is 351 g/mol. The lowest BCUT2D eigenvalue weighted by atomic mass is 9.98. The molecule has 0 aliphatic carbocycles. The number of anilines is 1. The standard InChI is InChI=1S/C24H21N3/c1-3-17-6-4-7-19(12-17)27-15-22(20-8-5-9-23(26)16(20)2)21-13-18(14-25)10-11-24(21)27/h4-13,15H,3,26H2,1-2H3. The molecule has 3 aromatic carbocycles. The number of aryl methyl sites for hydroxylation is 1. The van der Waals surface area contributed by atoms with Gasteiger partial charge in [-0.25, -0.2) is 0 Å². The van der Waals surface area contributed by atoms with Gasteiger partial charge in [0.05, 0.1) is 17.1 Å². The van der Waals surface area contributed by atoms with Crippen molar-refractivity contribution in [1.29, 1.82) is 5.26 Å². The Morgan fingerprint density at radius 3 is 2.59 bits per heavy atom. The Labute approximate surface area is 159 Å². The van der Waals surface area contributed by atoms with E-state index in [1.807, 2.05) is 37.3 Å². The normalized spacial score (nSPS) is 10.9. The third-order valence-electron chi connectivity index (χ3n) is 5.20. The molecule has 2 N–H and O–H groups in total. The molecule has 0 saturated heterocycles. The molecule has 3 nitrogen and oxygen atoms in total. The van der Waals surface area contributed by atoms with Crippen molar-refractivity contribution in [1.82, 2.24) is 4.57 Å². The quantitative estimate of drug-likeness (QED) is 0.487. The number of hydrogen-bond acceptors (Lipinski definition) is 2. The van der Waals surface area contributed by atoms with E-state index in [1.54, 1.807) is 0 Å². The highest BCUT2D eigenvalue weighted by atomic mass is 15.0. The lowest BCUT2D eigenvalue weighted by Crippen LogP contribution is -1.93. The molecule has 0 aliphatic heterocycles. The molecule has 0 atom stereocenters. The van der Waals surface area contributed by atoms with E-state index in [-0.39, 0.29) is 0 Å². The summed E-state index contributed by atoms with van der Waals surface area (Å²) in [4.78, 5) is 0. The van der Waals surface area contributed by atoms with Crippen LogP contribution in [0.3, 0.4) is 0 Å². The molecule has 0 amide bonds. The number of rotatable bonds is 3. The maximum Gasteiger partial charge on any atom is 0.0991 e. The average molecular weight is 351 g/mol.